The molecule has 39 heavy (non-hydrogen) atoms. The average molecular weight is 533 g/mol. The summed E-state index contributed by atoms with van der Waals surface area (Å²) in [7, 11) is 0. The zero-order chi connectivity index (χ0) is 27.4. The number of piperidine rings is 2. The van der Waals surface area contributed by atoms with E-state index in [0.29, 0.717) is 48.7 Å². The summed E-state index contributed by atoms with van der Waals surface area (Å²) >= 11 is 0. The smallest absolute Gasteiger partial charge is 0.244 e. The third-order valence-corrected chi connectivity index (χ3v) is 8.48. The Morgan fingerprint density at radius 1 is 1.15 bits per heavy atom. The molecule has 1 aromatic carbocycles. The van der Waals surface area contributed by atoms with Crippen molar-refractivity contribution >= 4 is 11.8 Å². The third kappa shape index (κ3) is 4.55. The van der Waals surface area contributed by atoms with Crippen LogP contribution >= 0.6 is 0 Å². The number of nitrogens with one attached hydrogen (secondary N) is 1. The minimum atomic E-state index is -1.16. The lowest BCUT2D eigenvalue weighted by Crippen LogP contribution is -2.55. The summed E-state index contributed by atoms with van der Waals surface area (Å²) in [4.78, 5) is 36.9. The van der Waals surface area contributed by atoms with Gasteiger partial charge in [-0.15, -0.1) is 0 Å². The number of amides is 2. The van der Waals surface area contributed by atoms with Crippen molar-refractivity contribution in [3.05, 3.63) is 65.3 Å². The Morgan fingerprint density at radius 2 is 1.95 bits per heavy atom. The SMILES string of the molecule is CC1(C)CN(Cc2ccc(-c3ncon3)cc2)CC[C@]1(O)c1ccc2c(n1)CN([C@@H]1CCC(=O)NC1=O)C2O. The molecule has 5 heterocycles. The largest absolute Gasteiger partial charge is 0.383 e. The van der Waals surface area contributed by atoms with Gasteiger partial charge in [0.25, 0.3) is 0 Å². The van der Waals surface area contributed by atoms with E-state index >= 15 is 0 Å². The predicted molar refractivity (Wildman–Crippen MR) is 138 cm³/mol. The summed E-state index contributed by atoms with van der Waals surface area (Å²) in [5.41, 5.74) is 2.25. The van der Waals surface area contributed by atoms with Crippen molar-refractivity contribution in [2.24, 2.45) is 5.41 Å². The first-order chi connectivity index (χ1) is 18.6. The van der Waals surface area contributed by atoms with Gasteiger partial charge in [0, 0.05) is 49.1 Å². The second kappa shape index (κ2) is 9.60. The molecule has 204 valence electrons. The molecule has 3 aliphatic heterocycles. The van der Waals surface area contributed by atoms with Crippen LogP contribution in [0.2, 0.25) is 0 Å². The molecule has 3 N–H and O–H groups in total. The molecule has 3 aliphatic rings. The van der Waals surface area contributed by atoms with Crippen LogP contribution in [0.5, 0.6) is 0 Å². The van der Waals surface area contributed by atoms with Gasteiger partial charge in [0.1, 0.15) is 11.8 Å². The van der Waals surface area contributed by atoms with Gasteiger partial charge in [0.15, 0.2) is 0 Å². The molecule has 11 nitrogen and oxygen atoms in total. The Bertz CT molecular complexity index is 1390. The second-order valence-corrected chi connectivity index (χ2v) is 11.4. The predicted octanol–water partition coefficient (Wildman–Crippen LogP) is 1.86. The average Bonchev–Trinajstić information content (AvgIpc) is 3.55. The molecule has 2 amide bonds. The number of hydrogen-bond donors (Lipinski definition) is 3. The van der Waals surface area contributed by atoms with Crippen molar-refractivity contribution in [1.29, 1.82) is 0 Å². The zero-order valence-corrected chi connectivity index (χ0v) is 22.0. The molecule has 0 aliphatic carbocycles. The van der Waals surface area contributed by atoms with Crippen LogP contribution < -0.4 is 5.32 Å². The Balaban J connectivity index is 1.16. The highest BCUT2D eigenvalue weighted by Gasteiger charge is 2.50. The van der Waals surface area contributed by atoms with Gasteiger partial charge in [0.2, 0.25) is 24.0 Å². The Morgan fingerprint density at radius 3 is 2.64 bits per heavy atom. The van der Waals surface area contributed by atoms with Crippen molar-refractivity contribution in [3.63, 3.8) is 0 Å². The fourth-order valence-corrected chi connectivity index (χ4v) is 6.17. The molecule has 3 aromatic rings. The molecule has 6 rings (SSSR count). The number of carbonyl (C=O) groups is 2. The quantitative estimate of drug-likeness (QED) is 0.416. The van der Waals surface area contributed by atoms with E-state index in [1.807, 2.05) is 12.1 Å². The first kappa shape index (κ1) is 25.8. The van der Waals surface area contributed by atoms with Crippen molar-refractivity contribution < 1.29 is 24.3 Å². The van der Waals surface area contributed by atoms with E-state index in [0.717, 1.165) is 17.7 Å². The zero-order valence-electron chi connectivity index (χ0n) is 22.0. The number of carbonyl (C=O) groups excluding carboxylic acids is 2. The highest BCUT2D eigenvalue weighted by molar-refractivity contribution is 6.00. The van der Waals surface area contributed by atoms with E-state index < -0.39 is 29.2 Å². The standard InChI is InChI=1S/C28H32N6O5/c1-27(2)15-33(13-17-3-5-18(6-4-17)24-29-16-39-32-24)12-11-28(27,38)22-9-7-19-20(30-22)14-34(26(19)37)21-8-10-23(35)31-25(21)36/h3-7,9,16,21,26,37-38H,8,10-15H2,1-2H3,(H,31,35,36)/t21-,26?,28+/m1/s1. The van der Waals surface area contributed by atoms with Crippen molar-refractivity contribution in [3.8, 4) is 11.4 Å². The minimum absolute atomic E-state index is 0.238. The summed E-state index contributed by atoms with van der Waals surface area (Å²) in [5.74, 6) is -0.130. The van der Waals surface area contributed by atoms with Gasteiger partial charge in [-0.2, -0.15) is 4.98 Å². The van der Waals surface area contributed by atoms with Crippen LogP contribution in [0.4, 0.5) is 0 Å². The normalized spacial score (nSPS) is 27.4. The van der Waals surface area contributed by atoms with E-state index in [-0.39, 0.29) is 18.9 Å². The van der Waals surface area contributed by atoms with Crippen LogP contribution in [0.15, 0.2) is 47.3 Å². The number of aromatic nitrogens is 3. The fraction of sp³-hybridized carbons (Fsp3) is 0.464. The van der Waals surface area contributed by atoms with Gasteiger partial charge in [-0.1, -0.05) is 49.3 Å². The van der Waals surface area contributed by atoms with Crippen LogP contribution in [0.1, 0.15) is 61.9 Å². The monoisotopic (exact) mass is 532 g/mol. The molecule has 2 aromatic heterocycles. The maximum atomic E-state index is 12.4. The Hall–Kier alpha value is -3.51. The highest BCUT2D eigenvalue weighted by Crippen LogP contribution is 2.46. The van der Waals surface area contributed by atoms with Gasteiger partial charge in [-0.3, -0.25) is 29.7 Å². The van der Waals surface area contributed by atoms with E-state index in [1.165, 1.54) is 6.39 Å². The Kier molecular flexibility index (Phi) is 6.34. The van der Waals surface area contributed by atoms with E-state index in [4.69, 9.17) is 9.51 Å². The number of rotatable bonds is 5. The molecule has 0 bridgehead atoms. The number of likely N-dealkylation sites (tertiary alicyclic amines) is 1. The van der Waals surface area contributed by atoms with Gasteiger partial charge in [-0.05, 0) is 24.5 Å². The van der Waals surface area contributed by atoms with Crippen LogP contribution in [0, 0.1) is 5.41 Å². The molecule has 0 radical (unpaired) electrons. The number of aliphatic hydroxyl groups is 2. The maximum absolute atomic E-state index is 12.4. The van der Waals surface area contributed by atoms with Gasteiger partial charge in [-0.25, -0.2) is 0 Å². The number of pyridine rings is 1. The number of nitrogens with zero attached hydrogens (tertiary/aromatic N) is 5. The molecule has 3 atom stereocenters. The van der Waals surface area contributed by atoms with Gasteiger partial charge >= 0.3 is 0 Å². The molecular weight excluding hydrogens is 500 g/mol. The van der Waals surface area contributed by atoms with Crippen molar-refractivity contribution in [2.75, 3.05) is 13.1 Å². The first-order valence-corrected chi connectivity index (χ1v) is 13.2. The van der Waals surface area contributed by atoms with E-state index in [1.54, 1.807) is 17.0 Å². The summed E-state index contributed by atoms with van der Waals surface area (Å²) in [6.07, 6.45) is 1.43. The molecule has 0 saturated carbocycles. The molecule has 1 unspecified atom stereocenters. The molecule has 2 saturated heterocycles. The van der Waals surface area contributed by atoms with Crippen LogP contribution in [0.25, 0.3) is 11.4 Å². The van der Waals surface area contributed by atoms with Gasteiger partial charge < -0.3 is 14.7 Å². The lowest BCUT2D eigenvalue weighted by molar-refractivity contribution is -0.141. The molecule has 0 spiro atoms. The summed E-state index contributed by atoms with van der Waals surface area (Å²) in [5, 5.41) is 29.2. The lowest BCUT2D eigenvalue weighted by Gasteiger charge is -2.50. The number of fused-ring (bicyclic) bond motifs is 1. The summed E-state index contributed by atoms with van der Waals surface area (Å²) < 4.78 is 4.83. The topological polar surface area (TPSA) is 145 Å². The number of benzene rings is 1. The third-order valence-electron chi connectivity index (χ3n) is 8.48. The number of aliphatic hydroxyl groups excluding tert-OH is 1. The lowest BCUT2D eigenvalue weighted by atomic mass is 9.68. The van der Waals surface area contributed by atoms with Gasteiger partial charge in [0.05, 0.1) is 17.4 Å². The van der Waals surface area contributed by atoms with E-state index in [2.05, 4.69) is 46.3 Å². The number of hydrogen-bond acceptors (Lipinski definition) is 10. The molecular formula is C28H32N6O5. The fourth-order valence-electron chi connectivity index (χ4n) is 6.17. The molecule has 2 fully saturated rings. The first-order valence-electron chi connectivity index (χ1n) is 13.2. The maximum Gasteiger partial charge on any atom is 0.244 e. The minimum Gasteiger partial charge on any atom is -0.383 e. The van der Waals surface area contributed by atoms with Crippen LogP contribution in [-0.2, 0) is 28.3 Å². The van der Waals surface area contributed by atoms with Crippen molar-refractivity contribution in [2.45, 2.75) is 64.1 Å². The van der Waals surface area contributed by atoms with Crippen LogP contribution in [0.3, 0.4) is 0 Å². The number of imide groups is 1. The summed E-state index contributed by atoms with van der Waals surface area (Å²) in [6.45, 7) is 6.49. The van der Waals surface area contributed by atoms with E-state index in [9.17, 15) is 19.8 Å². The molecule has 11 heteroatoms. The summed E-state index contributed by atoms with van der Waals surface area (Å²) in [6, 6.07) is 11.1. The second-order valence-electron chi connectivity index (χ2n) is 11.4. The highest BCUT2D eigenvalue weighted by atomic mass is 16.5. The van der Waals surface area contributed by atoms with Crippen molar-refractivity contribution in [1.82, 2.24) is 30.2 Å². The van der Waals surface area contributed by atoms with Crippen LogP contribution in [-0.4, -0.2) is 66.1 Å². The Labute approximate surface area is 225 Å².